The van der Waals surface area contributed by atoms with Gasteiger partial charge >= 0.3 is 5.97 Å². The molecule has 2 N–H and O–H groups in total. The number of methoxy groups -OCH3 is 1. The van der Waals surface area contributed by atoms with Crippen LogP contribution in [-0.4, -0.2) is 43.3 Å². The monoisotopic (exact) mass is 488 g/mol. The minimum absolute atomic E-state index is 0.00274. The number of phenolic OH excluding ortho intramolecular Hbond substituents is 2. The number of benzene rings is 1. The van der Waals surface area contributed by atoms with Crippen LogP contribution in [0.2, 0.25) is 18.1 Å². The van der Waals surface area contributed by atoms with Crippen LogP contribution in [0.25, 0.3) is 6.08 Å². The molecule has 0 bridgehead atoms. The van der Waals surface area contributed by atoms with Gasteiger partial charge in [0, 0.05) is 30.9 Å². The molecule has 0 saturated heterocycles. The van der Waals surface area contributed by atoms with E-state index in [1.54, 1.807) is 6.07 Å². The van der Waals surface area contributed by atoms with Crippen LogP contribution < -0.4 is 4.74 Å². The molecule has 2 saturated carbocycles. The van der Waals surface area contributed by atoms with Crippen LogP contribution >= 0.6 is 0 Å². The van der Waals surface area contributed by atoms with Crippen molar-refractivity contribution in [1.82, 2.24) is 0 Å². The third-order valence-electron chi connectivity index (χ3n) is 9.18. The summed E-state index contributed by atoms with van der Waals surface area (Å²) in [6.45, 7) is 13.8. The minimum Gasteiger partial charge on any atom is -0.508 e. The maximum absolute atomic E-state index is 12.2. The Labute approximate surface area is 204 Å². The van der Waals surface area contributed by atoms with Crippen LogP contribution in [0.1, 0.15) is 71.8 Å². The molecule has 34 heavy (non-hydrogen) atoms. The molecule has 188 valence electrons. The van der Waals surface area contributed by atoms with Gasteiger partial charge in [-0.2, -0.15) is 0 Å². The Morgan fingerprint density at radius 3 is 2.59 bits per heavy atom. The van der Waals surface area contributed by atoms with Crippen LogP contribution in [0.5, 0.6) is 17.2 Å². The van der Waals surface area contributed by atoms with Crippen molar-refractivity contribution >= 4 is 20.4 Å². The quantitative estimate of drug-likeness (QED) is 0.381. The van der Waals surface area contributed by atoms with E-state index in [0.29, 0.717) is 17.7 Å². The summed E-state index contributed by atoms with van der Waals surface area (Å²) in [5.74, 6) is 0.311. The summed E-state index contributed by atoms with van der Waals surface area (Å²) >= 11 is 0. The van der Waals surface area contributed by atoms with Gasteiger partial charge in [0.1, 0.15) is 22.8 Å². The topological polar surface area (TPSA) is 85.2 Å². The van der Waals surface area contributed by atoms with Crippen molar-refractivity contribution in [2.75, 3.05) is 7.11 Å². The third-order valence-corrected chi connectivity index (χ3v) is 13.7. The molecule has 2 fully saturated rings. The van der Waals surface area contributed by atoms with Gasteiger partial charge in [0.15, 0.2) is 8.32 Å². The van der Waals surface area contributed by atoms with E-state index in [9.17, 15) is 15.0 Å². The summed E-state index contributed by atoms with van der Waals surface area (Å²) in [7, 11) is -0.561. The summed E-state index contributed by atoms with van der Waals surface area (Å²) in [5.41, 5.74) is 0.914. The lowest BCUT2D eigenvalue weighted by molar-refractivity contribution is -0.143. The number of hydrogen-bond donors (Lipinski definition) is 2. The van der Waals surface area contributed by atoms with Crippen molar-refractivity contribution < 1.29 is 28.9 Å². The zero-order chi connectivity index (χ0) is 25.1. The summed E-state index contributed by atoms with van der Waals surface area (Å²) in [4.78, 5) is 12.2. The Bertz CT molecular complexity index is 1010. The van der Waals surface area contributed by atoms with Crippen molar-refractivity contribution in [3.05, 3.63) is 23.3 Å². The second kappa shape index (κ2) is 8.30. The molecule has 0 spiro atoms. The van der Waals surface area contributed by atoms with Crippen LogP contribution in [0.15, 0.2) is 17.7 Å². The molecule has 1 aromatic rings. The molecule has 6 nitrogen and oxygen atoms in total. The summed E-state index contributed by atoms with van der Waals surface area (Å²) < 4.78 is 18.7. The smallest absolute Gasteiger partial charge is 0.305 e. The average Bonchev–Trinajstić information content (AvgIpc) is 3.06. The molecule has 0 radical (unpaired) electrons. The first-order valence-electron chi connectivity index (χ1n) is 12.4. The predicted octanol–water partition coefficient (Wildman–Crippen LogP) is 6.17. The Morgan fingerprint density at radius 1 is 1.24 bits per heavy atom. The summed E-state index contributed by atoms with van der Waals surface area (Å²) in [5, 5.41) is 20.7. The highest BCUT2D eigenvalue weighted by Crippen LogP contribution is 2.63. The average molecular weight is 489 g/mol. The van der Waals surface area contributed by atoms with Gasteiger partial charge in [-0.25, -0.2) is 0 Å². The molecule has 0 unspecified atom stereocenters. The van der Waals surface area contributed by atoms with Gasteiger partial charge in [-0.1, -0.05) is 27.7 Å². The molecule has 1 aromatic carbocycles. The van der Waals surface area contributed by atoms with Gasteiger partial charge in [0.05, 0.1) is 18.8 Å². The van der Waals surface area contributed by atoms with Gasteiger partial charge in [0.2, 0.25) is 0 Å². The van der Waals surface area contributed by atoms with Crippen molar-refractivity contribution in [3.63, 3.8) is 0 Å². The number of aromatic hydroxyl groups is 2. The number of esters is 1. The zero-order valence-corrected chi connectivity index (χ0v) is 22.7. The molecule has 1 aliphatic heterocycles. The van der Waals surface area contributed by atoms with E-state index < -0.39 is 13.9 Å². The maximum atomic E-state index is 12.2. The number of phenols is 2. The first kappa shape index (κ1) is 25.1. The molecular formula is C27H40O6Si. The molecular weight excluding hydrogens is 448 g/mol. The van der Waals surface area contributed by atoms with Crippen molar-refractivity contribution in [1.29, 1.82) is 0 Å². The number of ether oxygens (including phenoxy) is 2. The standard InChI is InChI=1S/C27H40O6Si/c1-25(2,3)34(6,7)33-23-9-8-22-26(23,4)12-10-17-14-19-20(29)15-18(28)16-21(19)32-27(17,22)13-11-24(30)31-5/h14-16,22-23,28-29H,8-13H2,1-7H3/t22-,23+,26+,27-/m1/s1. The van der Waals surface area contributed by atoms with Gasteiger partial charge in [-0.15, -0.1) is 0 Å². The lowest BCUT2D eigenvalue weighted by atomic mass is 9.57. The van der Waals surface area contributed by atoms with Crippen molar-refractivity contribution in [3.8, 4) is 17.2 Å². The first-order chi connectivity index (χ1) is 15.7. The molecule has 2 aliphatic carbocycles. The fourth-order valence-electron chi connectivity index (χ4n) is 6.17. The fourth-order valence-corrected chi connectivity index (χ4v) is 7.62. The Morgan fingerprint density at radius 2 is 1.94 bits per heavy atom. The number of carbonyl (C=O) groups excluding carboxylic acids is 1. The molecule has 7 heteroatoms. The summed E-state index contributed by atoms with van der Waals surface area (Å²) in [6, 6.07) is 2.90. The minimum atomic E-state index is -1.97. The second-order valence-corrected chi connectivity index (χ2v) is 16.9. The van der Waals surface area contributed by atoms with Crippen molar-refractivity contribution in [2.24, 2.45) is 11.3 Å². The van der Waals surface area contributed by atoms with E-state index in [2.05, 4.69) is 40.8 Å². The lowest BCUT2D eigenvalue weighted by Gasteiger charge is -2.55. The Balaban J connectivity index is 1.75. The number of hydrogen-bond acceptors (Lipinski definition) is 6. The van der Waals surface area contributed by atoms with Crippen LogP contribution in [0.4, 0.5) is 0 Å². The molecule has 4 atom stereocenters. The second-order valence-electron chi connectivity index (χ2n) is 12.1. The van der Waals surface area contributed by atoms with Gasteiger partial charge < -0.3 is 24.1 Å². The highest BCUT2D eigenvalue weighted by Gasteiger charge is 2.63. The fraction of sp³-hybridized carbons (Fsp3) is 0.667. The SMILES string of the molecule is COC(=O)CC[C@@]12Oc3cc(O)cc(O)c3C=C1CC[C@]1(C)[C@@H](O[Si](C)(C)C(C)(C)C)CC[C@H]12. The van der Waals surface area contributed by atoms with Crippen LogP contribution in [0.3, 0.4) is 0 Å². The first-order valence-corrected chi connectivity index (χ1v) is 15.3. The van der Waals surface area contributed by atoms with E-state index in [1.165, 1.54) is 13.2 Å². The largest absolute Gasteiger partial charge is 0.508 e. The highest BCUT2D eigenvalue weighted by atomic mass is 28.4. The zero-order valence-electron chi connectivity index (χ0n) is 21.7. The molecule has 3 aliphatic rings. The van der Waals surface area contributed by atoms with Crippen LogP contribution in [-0.2, 0) is 14.0 Å². The van der Waals surface area contributed by atoms with Gasteiger partial charge in [-0.3, -0.25) is 4.79 Å². The molecule has 0 amide bonds. The van der Waals surface area contributed by atoms with Gasteiger partial charge in [0.25, 0.3) is 0 Å². The molecule has 4 rings (SSSR count). The normalized spacial score (nSPS) is 30.5. The lowest BCUT2D eigenvalue weighted by Crippen LogP contribution is -2.58. The number of rotatable bonds is 5. The van der Waals surface area contributed by atoms with Crippen molar-refractivity contribution in [2.45, 2.75) is 96.1 Å². The maximum Gasteiger partial charge on any atom is 0.305 e. The Kier molecular flexibility index (Phi) is 6.13. The predicted molar refractivity (Wildman–Crippen MR) is 134 cm³/mol. The van der Waals surface area contributed by atoms with E-state index in [0.717, 1.165) is 31.3 Å². The number of carbonyl (C=O) groups is 1. The molecule has 1 heterocycles. The van der Waals surface area contributed by atoms with E-state index >= 15 is 0 Å². The third kappa shape index (κ3) is 3.94. The van der Waals surface area contributed by atoms with E-state index in [4.69, 9.17) is 13.9 Å². The number of fused-ring (bicyclic) bond motifs is 4. The van der Waals surface area contributed by atoms with E-state index in [1.807, 2.05) is 6.08 Å². The van der Waals surface area contributed by atoms with E-state index in [-0.39, 0.29) is 46.4 Å². The van der Waals surface area contributed by atoms with Gasteiger partial charge in [-0.05, 0) is 60.9 Å². The molecule has 0 aromatic heterocycles. The Hall–Kier alpha value is -1.99. The van der Waals surface area contributed by atoms with Crippen LogP contribution in [0, 0.1) is 11.3 Å². The summed E-state index contributed by atoms with van der Waals surface area (Å²) in [6.07, 6.45) is 6.58. The highest BCUT2D eigenvalue weighted by molar-refractivity contribution is 6.74.